The molecule has 2 aromatic rings. The number of rotatable bonds is 4. The monoisotopic (exact) mass is 277 g/mol. The molecule has 0 atom stereocenters. The molecule has 1 N–H and O–H groups in total. The predicted molar refractivity (Wildman–Crippen MR) is 72.9 cm³/mol. The van der Waals surface area contributed by atoms with Crippen molar-refractivity contribution >= 4 is 29.0 Å². The number of carbonyl (C=O) groups is 2. The highest BCUT2D eigenvalue weighted by Gasteiger charge is 2.15. The molecular weight excluding hydrogens is 262 g/mol. The van der Waals surface area contributed by atoms with E-state index in [1.807, 2.05) is 0 Å². The maximum absolute atomic E-state index is 11.6. The zero-order valence-electron chi connectivity index (χ0n) is 11.5. The fraction of sp³-hybridized carbons (Fsp3) is 0.308. The predicted octanol–water partition coefficient (Wildman–Crippen LogP) is 1.05. The number of oxazole rings is 1. The van der Waals surface area contributed by atoms with Crippen LogP contribution >= 0.6 is 0 Å². The minimum Gasteiger partial charge on any atom is -0.478 e. The van der Waals surface area contributed by atoms with Gasteiger partial charge < -0.3 is 19.3 Å². The first kappa shape index (κ1) is 13.9. The summed E-state index contributed by atoms with van der Waals surface area (Å²) in [5.41, 5.74) is 1.06. The molecule has 2 rings (SSSR count). The van der Waals surface area contributed by atoms with Crippen molar-refractivity contribution in [3.05, 3.63) is 23.8 Å². The van der Waals surface area contributed by atoms with Crippen molar-refractivity contribution < 1.29 is 19.1 Å². The van der Waals surface area contributed by atoms with Crippen LogP contribution in [0.3, 0.4) is 0 Å². The second-order valence-electron chi connectivity index (χ2n) is 4.63. The van der Waals surface area contributed by atoms with Gasteiger partial charge in [-0.1, -0.05) is 0 Å². The van der Waals surface area contributed by atoms with Crippen LogP contribution < -0.4 is 4.90 Å². The van der Waals surface area contributed by atoms with Gasteiger partial charge in [-0.3, -0.25) is 4.79 Å². The second-order valence-corrected chi connectivity index (χ2v) is 4.63. The summed E-state index contributed by atoms with van der Waals surface area (Å²) >= 11 is 0. The molecule has 7 heteroatoms. The molecular formula is C13H15N3O4. The van der Waals surface area contributed by atoms with E-state index >= 15 is 0 Å². The molecule has 7 nitrogen and oxygen atoms in total. The Hall–Kier alpha value is -2.57. The maximum atomic E-state index is 11.6. The fourth-order valence-electron chi connectivity index (χ4n) is 1.62. The number of aromatic nitrogens is 1. The first-order valence-electron chi connectivity index (χ1n) is 5.93. The highest BCUT2D eigenvalue weighted by atomic mass is 16.4. The number of amides is 1. The summed E-state index contributed by atoms with van der Waals surface area (Å²) in [5.74, 6) is -1.11. The van der Waals surface area contributed by atoms with Gasteiger partial charge in [0, 0.05) is 21.1 Å². The van der Waals surface area contributed by atoms with Crippen molar-refractivity contribution in [2.75, 3.05) is 32.6 Å². The van der Waals surface area contributed by atoms with Crippen LogP contribution in [0.5, 0.6) is 0 Å². The lowest BCUT2D eigenvalue weighted by atomic mass is 10.2. The van der Waals surface area contributed by atoms with Crippen molar-refractivity contribution in [3.8, 4) is 0 Å². The fourth-order valence-corrected chi connectivity index (χ4v) is 1.62. The van der Waals surface area contributed by atoms with Crippen molar-refractivity contribution in [3.63, 3.8) is 0 Å². The molecule has 0 spiro atoms. The lowest BCUT2D eigenvalue weighted by molar-refractivity contribution is -0.127. The van der Waals surface area contributed by atoms with Gasteiger partial charge in [0.2, 0.25) is 5.91 Å². The molecule has 0 aliphatic rings. The Kier molecular flexibility index (Phi) is 3.60. The number of carboxylic acids is 1. The minimum absolute atomic E-state index is 0.0824. The largest absolute Gasteiger partial charge is 0.478 e. The molecule has 1 heterocycles. The van der Waals surface area contributed by atoms with E-state index in [4.69, 9.17) is 9.52 Å². The number of nitrogens with zero attached hydrogens (tertiary/aromatic N) is 3. The second kappa shape index (κ2) is 5.20. The highest BCUT2D eigenvalue weighted by molar-refractivity contribution is 5.92. The van der Waals surface area contributed by atoms with Gasteiger partial charge in [-0.05, 0) is 18.2 Å². The Morgan fingerprint density at radius 2 is 2.00 bits per heavy atom. The first-order valence-corrected chi connectivity index (χ1v) is 5.93. The van der Waals surface area contributed by atoms with Gasteiger partial charge in [-0.25, -0.2) is 4.79 Å². The van der Waals surface area contributed by atoms with Crippen LogP contribution in [0.2, 0.25) is 0 Å². The van der Waals surface area contributed by atoms with E-state index < -0.39 is 5.97 Å². The number of hydrogen-bond donors (Lipinski definition) is 1. The molecule has 0 saturated heterocycles. The third kappa shape index (κ3) is 2.71. The van der Waals surface area contributed by atoms with Crippen molar-refractivity contribution in [2.45, 2.75) is 0 Å². The number of aromatic carboxylic acids is 1. The van der Waals surface area contributed by atoms with Gasteiger partial charge in [0.25, 0.3) is 6.01 Å². The molecule has 106 valence electrons. The van der Waals surface area contributed by atoms with E-state index in [9.17, 15) is 9.59 Å². The Balaban J connectivity index is 2.27. The standard InChI is InChI=1S/C13H15N3O4/c1-15(2)11(17)7-16(3)13-14-9-5-4-8(12(18)19)6-10(9)20-13/h4-6H,7H2,1-3H3,(H,18,19). The van der Waals surface area contributed by atoms with Crippen molar-refractivity contribution in [2.24, 2.45) is 0 Å². The summed E-state index contributed by atoms with van der Waals surface area (Å²) in [5, 5.41) is 8.92. The van der Waals surface area contributed by atoms with Gasteiger partial charge in [-0.2, -0.15) is 4.98 Å². The van der Waals surface area contributed by atoms with Crippen LogP contribution in [-0.2, 0) is 4.79 Å². The highest BCUT2D eigenvalue weighted by Crippen LogP contribution is 2.22. The Morgan fingerprint density at radius 3 is 2.60 bits per heavy atom. The number of likely N-dealkylation sites (N-methyl/N-ethyl adjacent to an activating group) is 2. The molecule has 1 aromatic heterocycles. The molecule has 0 unspecified atom stereocenters. The van der Waals surface area contributed by atoms with Crippen molar-refractivity contribution in [1.82, 2.24) is 9.88 Å². The molecule has 0 saturated carbocycles. The lowest BCUT2D eigenvalue weighted by Gasteiger charge is -2.16. The third-order valence-electron chi connectivity index (χ3n) is 2.82. The number of carboxylic acid groups (broad SMARTS) is 1. The van der Waals surface area contributed by atoms with Crippen LogP contribution in [0.15, 0.2) is 22.6 Å². The number of anilines is 1. The smallest absolute Gasteiger partial charge is 0.335 e. The van der Waals surface area contributed by atoms with Crippen LogP contribution in [-0.4, -0.2) is 54.6 Å². The van der Waals surface area contributed by atoms with Crippen LogP contribution in [0.4, 0.5) is 6.01 Å². The topological polar surface area (TPSA) is 86.9 Å². The Labute approximate surface area is 115 Å². The molecule has 1 amide bonds. The average molecular weight is 277 g/mol. The van der Waals surface area contributed by atoms with Gasteiger partial charge in [-0.15, -0.1) is 0 Å². The number of hydrogen-bond acceptors (Lipinski definition) is 5. The minimum atomic E-state index is -1.03. The van der Waals surface area contributed by atoms with Crippen LogP contribution in [0.1, 0.15) is 10.4 Å². The van der Waals surface area contributed by atoms with E-state index in [0.717, 1.165) is 0 Å². The first-order chi connectivity index (χ1) is 9.38. The summed E-state index contributed by atoms with van der Waals surface area (Å²) in [6.07, 6.45) is 0. The number of benzene rings is 1. The SMILES string of the molecule is CN(C)C(=O)CN(C)c1nc2ccc(C(=O)O)cc2o1. The zero-order valence-corrected chi connectivity index (χ0v) is 11.5. The quantitative estimate of drug-likeness (QED) is 0.898. The normalized spacial score (nSPS) is 10.6. The van der Waals surface area contributed by atoms with E-state index in [1.165, 1.54) is 17.0 Å². The zero-order chi connectivity index (χ0) is 14.9. The van der Waals surface area contributed by atoms with Gasteiger partial charge in [0.15, 0.2) is 5.58 Å². The van der Waals surface area contributed by atoms with E-state index in [1.54, 1.807) is 32.1 Å². The molecule has 0 fully saturated rings. The number of carbonyl (C=O) groups excluding carboxylic acids is 1. The maximum Gasteiger partial charge on any atom is 0.335 e. The van der Waals surface area contributed by atoms with Gasteiger partial charge >= 0.3 is 5.97 Å². The molecule has 1 aromatic carbocycles. The molecule has 0 radical (unpaired) electrons. The lowest BCUT2D eigenvalue weighted by Crippen LogP contribution is -2.34. The summed E-state index contributed by atoms with van der Waals surface area (Å²) in [6, 6.07) is 4.73. The van der Waals surface area contributed by atoms with Crippen LogP contribution in [0.25, 0.3) is 11.1 Å². The van der Waals surface area contributed by atoms with Gasteiger partial charge in [0.05, 0.1) is 5.56 Å². The summed E-state index contributed by atoms with van der Waals surface area (Å²) in [7, 11) is 5.02. The molecule has 20 heavy (non-hydrogen) atoms. The van der Waals surface area contributed by atoms with E-state index in [2.05, 4.69) is 4.98 Å². The van der Waals surface area contributed by atoms with Crippen LogP contribution in [0, 0.1) is 0 Å². The molecule has 0 aliphatic carbocycles. The van der Waals surface area contributed by atoms with E-state index in [-0.39, 0.29) is 24.0 Å². The Bertz CT molecular complexity index is 663. The molecule has 0 aliphatic heterocycles. The summed E-state index contributed by atoms with van der Waals surface area (Å²) in [4.78, 5) is 29.8. The van der Waals surface area contributed by atoms with Gasteiger partial charge in [0.1, 0.15) is 12.1 Å². The van der Waals surface area contributed by atoms with Crippen molar-refractivity contribution in [1.29, 1.82) is 0 Å². The third-order valence-corrected chi connectivity index (χ3v) is 2.82. The summed E-state index contributed by atoms with van der Waals surface area (Å²) < 4.78 is 5.48. The molecule has 0 bridgehead atoms. The summed E-state index contributed by atoms with van der Waals surface area (Å²) in [6.45, 7) is 0.131. The van der Waals surface area contributed by atoms with E-state index in [0.29, 0.717) is 11.1 Å². The average Bonchev–Trinajstić information content (AvgIpc) is 2.80. The Morgan fingerprint density at radius 1 is 1.30 bits per heavy atom. The number of fused-ring (bicyclic) bond motifs is 1.